The quantitative estimate of drug-likeness (QED) is 0.513. The molecule has 0 bridgehead atoms. The summed E-state index contributed by atoms with van der Waals surface area (Å²) >= 11 is 0. The molecule has 160 valence electrons. The third kappa shape index (κ3) is 3.24. The second-order valence-electron chi connectivity index (χ2n) is 8.38. The fourth-order valence-corrected chi connectivity index (χ4v) is 4.73. The number of benzene rings is 3. The average molecular weight is 425 g/mol. The number of fused-ring (bicyclic) bond motifs is 2. The highest BCUT2D eigenvalue weighted by Gasteiger charge is 2.35. The number of carbonyl (C=O) groups is 1. The molecule has 2 unspecified atom stereocenters. The number of rotatable bonds is 4. The van der Waals surface area contributed by atoms with E-state index in [9.17, 15) is 4.79 Å². The summed E-state index contributed by atoms with van der Waals surface area (Å²) in [7, 11) is 0. The zero-order valence-electron chi connectivity index (χ0n) is 17.6. The third-order valence-corrected chi connectivity index (χ3v) is 6.39. The van der Waals surface area contributed by atoms with Gasteiger partial charge in [-0.3, -0.25) is 9.36 Å². The lowest BCUT2D eigenvalue weighted by atomic mass is 10.0. The molecule has 6 rings (SSSR count). The topological polar surface area (TPSA) is 59.4 Å². The van der Waals surface area contributed by atoms with Crippen LogP contribution in [0.5, 0.6) is 0 Å². The number of anilines is 1. The first kappa shape index (κ1) is 19.1. The lowest BCUT2D eigenvalue weighted by Crippen LogP contribution is -2.46. The predicted molar refractivity (Wildman–Crippen MR) is 124 cm³/mol. The van der Waals surface area contributed by atoms with Crippen molar-refractivity contribution in [2.24, 2.45) is 0 Å². The van der Waals surface area contributed by atoms with Gasteiger partial charge in [-0.2, -0.15) is 0 Å². The Kier molecular flexibility index (Phi) is 4.65. The highest BCUT2D eigenvalue weighted by Crippen LogP contribution is 2.34. The number of hydrogen-bond acceptors (Lipinski definition) is 4. The lowest BCUT2D eigenvalue weighted by Gasteiger charge is -2.39. The summed E-state index contributed by atoms with van der Waals surface area (Å²) in [6.07, 6.45) is 3.74. The van der Waals surface area contributed by atoms with Crippen LogP contribution in [0, 0.1) is 0 Å². The van der Waals surface area contributed by atoms with Gasteiger partial charge in [0, 0.05) is 24.5 Å². The second-order valence-corrected chi connectivity index (χ2v) is 8.38. The molecule has 2 aliphatic heterocycles. The lowest BCUT2D eigenvalue weighted by molar-refractivity contribution is 0.0427. The molecule has 3 aromatic carbocycles. The van der Waals surface area contributed by atoms with Crippen LogP contribution in [-0.2, 0) is 4.74 Å². The third-order valence-electron chi connectivity index (χ3n) is 6.39. The Morgan fingerprint density at radius 1 is 1.00 bits per heavy atom. The first-order chi connectivity index (χ1) is 15.8. The number of amides is 1. The van der Waals surface area contributed by atoms with E-state index in [2.05, 4.69) is 45.2 Å². The summed E-state index contributed by atoms with van der Waals surface area (Å²) < 4.78 is 7.93. The number of nitrogens with zero attached hydrogens (tertiary/aromatic N) is 3. The summed E-state index contributed by atoms with van der Waals surface area (Å²) in [5.41, 5.74) is 5.70. The molecule has 1 saturated heterocycles. The SMILES string of the molecule is O=C1c2ccccc2NC(c2ccc(-n3cnc4ccccc43)cc2)N1CC1CCCO1. The molecule has 32 heavy (non-hydrogen) atoms. The molecule has 0 spiro atoms. The van der Waals surface area contributed by atoms with E-state index in [0.717, 1.165) is 47.4 Å². The van der Waals surface area contributed by atoms with Crippen molar-refractivity contribution in [2.45, 2.75) is 25.1 Å². The maximum Gasteiger partial charge on any atom is 0.257 e. The minimum absolute atomic E-state index is 0.0459. The average Bonchev–Trinajstić information content (AvgIpc) is 3.51. The number of ether oxygens (including phenoxy) is 1. The first-order valence-corrected chi connectivity index (χ1v) is 11.1. The van der Waals surface area contributed by atoms with E-state index in [4.69, 9.17) is 4.74 Å². The van der Waals surface area contributed by atoms with Gasteiger partial charge in [-0.1, -0.05) is 36.4 Å². The molecule has 1 amide bonds. The normalized spacial score (nSPS) is 20.4. The van der Waals surface area contributed by atoms with Gasteiger partial charge in [0.15, 0.2) is 0 Å². The van der Waals surface area contributed by atoms with Gasteiger partial charge in [0.2, 0.25) is 0 Å². The van der Waals surface area contributed by atoms with Crippen LogP contribution in [0.3, 0.4) is 0 Å². The maximum absolute atomic E-state index is 13.4. The van der Waals surface area contributed by atoms with Crippen LogP contribution in [0.4, 0.5) is 5.69 Å². The van der Waals surface area contributed by atoms with Crippen LogP contribution in [0.1, 0.15) is 34.9 Å². The van der Waals surface area contributed by atoms with Crippen LogP contribution in [0.2, 0.25) is 0 Å². The molecule has 4 aromatic rings. The highest BCUT2D eigenvalue weighted by molar-refractivity contribution is 6.01. The van der Waals surface area contributed by atoms with Crippen molar-refractivity contribution in [1.29, 1.82) is 0 Å². The van der Waals surface area contributed by atoms with E-state index in [1.807, 2.05) is 53.7 Å². The summed E-state index contributed by atoms with van der Waals surface area (Å²) in [6, 6.07) is 24.2. The maximum atomic E-state index is 13.4. The van der Waals surface area contributed by atoms with Crippen molar-refractivity contribution in [3.8, 4) is 5.69 Å². The predicted octanol–water partition coefficient (Wildman–Crippen LogP) is 4.77. The van der Waals surface area contributed by atoms with Crippen LogP contribution in [-0.4, -0.2) is 39.6 Å². The van der Waals surface area contributed by atoms with Gasteiger partial charge in [-0.05, 0) is 54.8 Å². The molecular formula is C26H24N4O2. The van der Waals surface area contributed by atoms with Crippen molar-refractivity contribution >= 4 is 22.6 Å². The van der Waals surface area contributed by atoms with Gasteiger partial charge >= 0.3 is 0 Å². The summed E-state index contributed by atoms with van der Waals surface area (Å²) in [5.74, 6) is 0.0459. The molecule has 1 aromatic heterocycles. The standard InChI is InChI=1S/C26H24N4O2/c31-26-21-7-1-2-8-22(21)28-25(29(26)16-20-6-5-15-32-20)18-11-13-19(14-12-18)30-17-27-23-9-3-4-10-24(23)30/h1-4,7-14,17,20,25,28H,5-6,15-16H2. The highest BCUT2D eigenvalue weighted by atomic mass is 16.5. The van der Waals surface area contributed by atoms with E-state index < -0.39 is 0 Å². The van der Waals surface area contributed by atoms with Crippen LogP contribution in [0.15, 0.2) is 79.1 Å². The Balaban J connectivity index is 1.35. The summed E-state index contributed by atoms with van der Waals surface area (Å²) in [4.78, 5) is 19.8. The molecule has 3 heterocycles. The molecule has 6 nitrogen and oxygen atoms in total. The molecular weight excluding hydrogens is 400 g/mol. The number of hydrogen-bond donors (Lipinski definition) is 1. The molecule has 1 N–H and O–H groups in total. The Labute approximate surface area is 186 Å². The fourth-order valence-electron chi connectivity index (χ4n) is 4.73. The van der Waals surface area contributed by atoms with Crippen LogP contribution < -0.4 is 5.32 Å². The van der Waals surface area contributed by atoms with E-state index >= 15 is 0 Å². The van der Waals surface area contributed by atoms with E-state index in [-0.39, 0.29) is 18.2 Å². The van der Waals surface area contributed by atoms with Crippen molar-refractivity contribution in [3.63, 3.8) is 0 Å². The van der Waals surface area contributed by atoms with Gasteiger partial charge in [-0.15, -0.1) is 0 Å². The molecule has 0 saturated carbocycles. The van der Waals surface area contributed by atoms with Crippen molar-refractivity contribution in [2.75, 3.05) is 18.5 Å². The number of imidazole rings is 1. The summed E-state index contributed by atoms with van der Waals surface area (Å²) in [5, 5.41) is 3.58. The van der Waals surface area contributed by atoms with Gasteiger partial charge in [0.25, 0.3) is 5.91 Å². The minimum atomic E-state index is -0.241. The number of carbonyl (C=O) groups excluding carboxylic acids is 1. The van der Waals surface area contributed by atoms with Crippen molar-refractivity contribution < 1.29 is 9.53 Å². The fraction of sp³-hybridized carbons (Fsp3) is 0.231. The number of para-hydroxylation sites is 3. The Morgan fingerprint density at radius 3 is 2.66 bits per heavy atom. The van der Waals surface area contributed by atoms with Gasteiger partial charge in [0.05, 0.1) is 22.7 Å². The van der Waals surface area contributed by atoms with E-state index in [1.54, 1.807) is 0 Å². The van der Waals surface area contributed by atoms with E-state index in [0.29, 0.717) is 12.1 Å². The zero-order chi connectivity index (χ0) is 21.5. The van der Waals surface area contributed by atoms with Gasteiger partial charge in [-0.25, -0.2) is 4.98 Å². The molecule has 0 aliphatic carbocycles. The number of nitrogens with one attached hydrogen (secondary N) is 1. The zero-order valence-corrected chi connectivity index (χ0v) is 17.6. The second kappa shape index (κ2) is 7.80. The molecule has 0 radical (unpaired) electrons. The van der Waals surface area contributed by atoms with E-state index in [1.165, 1.54) is 0 Å². The largest absolute Gasteiger partial charge is 0.376 e. The Bertz CT molecular complexity index is 1270. The van der Waals surface area contributed by atoms with Crippen LogP contribution in [0.25, 0.3) is 16.7 Å². The first-order valence-electron chi connectivity index (χ1n) is 11.1. The van der Waals surface area contributed by atoms with Crippen molar-refractivity contribution in [3.05, 3.63) is 90.3 Å². The van der Waals surface area contributed by atoms with Gasteiger partial charge < -0.3 is 15.0 Å². The minimum Gasteiger partial charge on any atom is -0.376 e. The Hall–Kier alpha value is -3.64. The van der Waals surface area contributed by atoms with Crippen LogP contribution >= 0.6 is 0 Å². The summed E-state index contributed by atoms with van der Waals surface area (Å²) in [6.45, 7) is 1.35. The van der Waals surface area contributed by atoms with Crippen molar-refractivity contribution in [1.82, 2.24) is 14.5 Å². The van der Waals surface area contributed by atoms with Gasteiger partial charge in [0.1, 0.15) is 12.5 Å². The monoisotopic (exact) mass is 424 g/mol. The Morgan fingerprint density at radius 2 is 1.81 bits per heavy atom. The molecule has 1 fully saturated rings. The smallest absolute Gasteiger partial charge is 0.257 e. The number of aromatic nitrogens is 2. The molecule has 2 atom stereocenters. The molecule has 6 heteroatoms. The molecule has 2 aliphatic rings.